The van der Waals surface area contributed by atoms with E-state index in [2.05, 4.69) is 40.3 Å². The van der Waals surface area contributed by atoms with Gasteiger partial charge in [-0.1, -0.05) is 30.7 Å². The van der Waals surface area contributed by atoms with Gasteiger partial charge in [-0.15, -0.1) is 0 Å². The lowest BCUT2D eigenvalue weighted by molar-refractivity contribution is 0.0996. The molecule has 2 atom stereocenters. The van der Waals surface area contributed by atoms with Gasteiger partial charge in [-0.2, -0.15) is 0 Å². The fraction of sp³-hybridized carbons (Fsp3) is 0.625. The van der Waals surface area contributed by atoms with Crippen LogP contribution in [-0.4, -0.2) is 19.3 Å². The zero-order valence-electron chi connectivity index (χ0n) is 12.0. The Hall–Kier alpha value is -0.0900. The highest BCUT2D eigenvalue weighted by atomic mass is 79.9. The molecule has 2 nitrogen and oxygen atoms in total. The van der Waals surface area contributed by atoms with E-state index in [1.165, 1.54) is 18.4 Å². The van der Waals surface area contributed by atoms with Crippen molar-refractivity contribution in [2.24, 2.45) is 0 Å². The van der Waals surface area contributed by atoms with Crippen LogP contribution < -0.4 is 5.32 Å². The fourth-order valence-electron chi connectivity index (χ4n) is 2.70. The van der Waals surface area contributed by atoms with E-state index in [-0.39, 0.29) is 0 Å². The highest BCUT2D eigenvalue weighted by Gasteiger charge is 2.20. The average molecular weight is 361 g/mol. The monoisotopic (exact) mass is 359 g/mol. The number of rotatable bonds is 7. The molecular weight excluding hydrogens is 338 g/mol. The number of halogens is 2. The Morgan fingerprint density at radius 3 is 3.05 bits per heavy atom. The van der Waals surface area contributed by atoms with Crippen LogP contribution in [0.4, 0.5) is 0 Å². The predicted molar refractivity (Wildman–Crippen MR) is 88.4 cm³/mol. The number of nitrogens with one attached hydrogen (secondary N) is 1. The van der Waals surface area contributed by atoms with E-state index in [9.17, 15) is 0 Å². The SMILES string of the molecule is CCCNC(CCC1CCCO1)c1cccc(Br)c1Cl. The summed E-state index contributed by atoms with van der Waals surface area (Å²) in [6, 6.07) is 6.47. The van der Waals surface area contributed by atoms with Crippen LogP contribution in [0.3, 0.4) is 0 Å². The zero-order chi connectivity index (χ0) is 14.4. The van der Waals surface area contributed by atoms with Gasteiger partial charge in [0.25, 0.3) is 0 Å². The third-order valence-corrected chi connectivity index (χ3v) is 5.11. The van der Waals surface area contributed by atoms with Gasteiger partial charge in [0.2, 0.25) is 0 Å². The summed E-state index contributed by atoms with van der Waals surface area (Å²) in [4.78, 5) is 0. The molecule has 2 rings (SSSR count). The van der Waals surface area contributed by atoms with Gasteiger partial charge in [0.1, 0.15) is 0 Å². The lowest BCUT2D eigenvalue weighted by Crippen LogP contribution is -2.24. The molecule has 1 aromatic carbocycles. The highest BCUT2D eigenvalue weighted by Crippen LogP contribution is 2.33. The van der Waals surface area contributed by atoms with Crippen molar-refractivity contribution in [2.45, 2.75) is 51.2 Å². The Balaban J connectivity index is 2.03. The first-order valence-electron chi connectivity index (χ1n) is 7.51. The van der Waals surface area contributed by atoms with Gasteiger partial charge in [-0.25, -0.2) is 0 Å². The zero-order valence-corrected chi connectivity index (χ0v) is 14.3. The second kappa shape index (κ2) is 8.38. The smallest absolute Gasteiger partial charge is 0.0595 e. The number of hydrogen-bond donors (Lipinski definition) is 1. The minimum absolute atomic E-state index is 0.309. The van der Waals surface area contributed by atoms with Crippen LogP contribution in [0, 0.1) is 0 Å². The van der Waals surface area contributed by atoms with Crippen molar-refractivity contribution in [1.29, 1.82) is 0 Å². The van der Waals surface area contributed by atoms with Crippen molar-refractivity contribution in [3.8, 4) is 0 Å². The first kappa shape index (κ1) is 16.3. The minimum atomic E-state index is 0.309. The number of hydrogen-bond acceptors (Lipinski definition) is 2. The molecular formula is C16H23BrClNO. The van der Waals surface area contributed by atoms with E-state index in [1.807, 2.05) is 6.07 Å². The highest BCUT2D eigenvalue weighted by molar-refractivity contribution is 9.10. The standard InChI is InChI=1S/C16H23BrClNO/c1-2-10-19-15(9-8-12-5-4-11-20-12)13-6-3-7-14(17)16(13)18/h3,6-7,12,15,19H,2,4-5,8-11H2,1H3. The Labute approximate surface area is 135 Å². The molecule has 0 bridgehead atoms. The summed E-state index contributed by atoms with van der Waals surface area (Å²) in [5.41, 5.74) is 1.19. The van der Waals surface area contributed by atoms with Gasteiger partial charge >= 0.3 is 0 Å². The molecule has 20 heavy (non-hydrogen) atoms. The van der Waals surface area contributed by atoms with E-state index in [4.69, 9.17) is 16.3 Å². The topological polar surface area (TPSA) is 21.3 Å². The van der Waals surface area contributed by atoms with Crippen molar-refractivity contribution < 1.29 is 4.74 Å². The second-order valence-corrected chi connectivity index (χ2v) is 6.59. The number of ether oxygens (including phenoxy) is 1. The van der Waals surface area contributed by atoms with Gasteiger partial charge in [-0.3, -0.25) is 0 Å². The number of benzene rings is 1. The molecule has 0 spiro atoms. The summed E-state index contributed by atoms with van der Waals surface area (Å²) in [6.45, 7) is 4.13. The van der Waals surface area contributed by atoms with E-state index in [0.717, 1.165) is 41.9 Å². The molecule has 0 aromatic heterocycles. The Morgan fingerprint density at radius 1 is 1.50 bits per heavy atom. The molecule has 1 heterocycles. The molecule has 1 saturated heterocycles. The van der Waals surface area contributed by atoms with E-state index in [0.29, 0.717) is 12.1 Å². The van der Waals surface area contributed by atoms with Gasteiger partial charge in [0.05, 0.1) is 11.1 Å². The summed E-state index contributed by atoms with van der Waals surface area (Å²) in [5.74, 6) is 0. The molecule has 0 amide bonds. The van der Waals surface area contributed by atoms with Gasteiger partial charge in [0, 0.05) is 17.1 Å². The first-order valence-corrected chi connectivity index (χ1v) is 8.68. The van der Waals surface area contributed by atoms with Crippen molar-refractivity contribution in [3.63, 3.8) is 0 Å². The molecule has 4 heteroatoms. The molecule has 1 aliphatic rings. The Bertz CT molecular complexity index is 421. The maximum Gasteiger partial charge on any atom is 0.0595 e. The quantitative estimate of drug-likeness (QED) is 0.730. The molecule has 1 aliphatic heterocycles. The molecule has 2 unspecified atom stereocenters. The maximum absolute atomic E-state index is 6.44. The Morgan fingerprint density at radius 2 is 2.35 bits per heavy atom. The maximum atomic E-state index is 6.44. The van der Waals surface area contributed by atoms with Crippen molar-refractivity contribution in [1.82, 2.24) is 5.32 Å². The van der Waals surface area contributed by atoms with Gasteiger partial charge in [0.15, 0.2) is 0 Å². The van der Waals surface area contributed by atoms with E-state index in [1.54, 1.807) is 0 Å². The molecule has 1 fully saturated rings. The largest absolute Gasteiger partial charge is 0.378 e. The molecule has 0 saturated carbocycles. The second-order valence-electron chi connectivity index (χ2n) is 5.36. The summed E-state index contributed by atoms with van der Waals surface area (Å²) in [6.07, 6.45) is 6.14. The predicted octanol–water partition coefficient (Wildman–Crippen LogP) is 5.10. The molecule has 0 aliphatic carbocycles. The third-order valence-electron chi connectivity index (χ3n) is 3.80. The average Bonchev–Trinajstić information content (AvgIpc) is 2.96. The molecule has 0 radical (unpaired) electrons. The summed E-state index contributed by atoms with van der Waals surface area (Å²) < 4.78 is 6.70. The lowest BCUT2D eigenvalue weighted by Gasteiger charge is -2.22. The summed E-state index contributed by atoms with van der Waals surface area (Å²) in [5, 5.41) is 4.44. The molecule has 112 valence electrons. The van der Waals surface area contributed by atoms with Crippen molar-refractivity contribution >= 4 is 27.5 Å². The van der Waals surface area contributed by atoms with Crippen LogP contribution >= 0.6 is 27.5 Å². The third kappa shape index (κ3) is 4.45. The van der Waals surface area contributed by atoms with Crippen molar-refractivity contribution in [2.75, 3.05) is 13.2 Å². The van der Waals surface area contributed by atoms with Crippen LogP contribution in [0.15, 0.2) is 22.7 Å². The van der Waals surface area contributed by atoms with Crippen LogP contribution in [0.1, 0.15) is 50.6 Å². The molecule has 1 N–H and O–H groups in total. The van der Waals surface area contributed by atoms with Crippen LogP contribution in [-0.2, 0) is 4.74 Å². The van der Waals surface area contributed by atoms with Crippen LogP contribution in [0.2, 0.25) is 5.02 Å². The first-order chi connectivity index (χ1) is 9.72. The molecule has 1 aromatic rings. The van der Waals surface area contributed by atoms with E-state index < -0.39 is 0 Å². The summed E-state index contributed by atoms with van der Waals surface area (Å²) in [7, 11) is 0. The van der Waals surface area contributed by atoms with E-state index >= 15 is 0 Å². The van der Waals surface area contributed by atoms with Crippen molar-refractivity contribution in [3.05, 3.63) is 33.3 Å². The van der Waals surface area contributed by atoms with Gasteiger partial charge in [-0.05, 0) is 66.2 Å². The summed E-state index contributed by atoms with van der Waals surface area (Å²) >= 11 is 9.96. The Kier molecular flexibility index (Phi) is 6.82. The normalized spacial score (nSPS) is 20.2. The fourth-order valence-corrected chi connectivity index (χ4v) is 3.34. The van der Waals surface area contributed by atoms with Gasteiger partial charge < -0.3 is 10.1 Å². The lowest BCUT2D eigenvalue weighted by atomic mass is 9.99. The van der Waals surface area contributed by atoms with Crippen LogP contribution in [0.25, 0.3) is 0 Å². The minimum Gasteiger partial charge on any atom is -0.378 e. The van der Waals surface area contributed by atoms with Crippen LogP contribution in [0.5, 0.6) is 0 Å².